The summed E-state index contributed by atoms with van der Waals surface area (Å²) in [5.74, 6) is 0.222. The van der Waals surface area contributed by atoms with Gasteiger partial charge in [0.25, 0.3) is 5.91 Å². The summed E-state index contributed by atoms with van der Waals surface area (Å²) in [6, 6.07) is 5.13. The molecule has 1 aromatic carbocycles. The Morgan fingerprint density at radius 3 is 2.43 bits per heavy atom. The summed E-state index contributed by atoms with van der Waals surface area (Å²) < 4.78 is 39.9. The molecule has 1 aliphatic carbocycles. The topological polar surface area (TPSA) is 54.9 Å². The van der Waals surface area contributed by atoms with Crippen molar-refractivity contribution >= 4 is 11.6 Å². The van der Waals surface area contributed by atoms with E-state index < -0.39 is 6.36 Å². The minimum Gasteiger partial charge on any atom is -0.406 e. The summed E-state index contributed by atoms with van der Waals surface area (Å²) in [6.45, 7) is 1.27. The largest absolute Gasteiger partial charge is 0.573 e. The number of rotatable bonds is 6. The number of hydrogen-bond donors (Lipinski definition) is 2. The zero-order valence-electron chi connectivity index (χ0n) is 12.9. The molecule has 0 atom stereocenters. The van der Waals surface area contributed by atoms with Gasteiger partial charge in [-0.2, -0.15) is 0 Å². The van der Waals surface area contributed by atoms with Crippen LogP contribution in [-0.2, 0) is 4.79 Å². The van der Waals surface area contributed by atoms with Crippen LogP contribution in [0.3, 0.4) is 0 Å². The molecule has 1 aromatic rings. The number of anilines is 1. The maximum absolute atomic E-state index is 12.0. The molecule has 0 aliphatic heterocycles. The highest BCUT2D eigenvalue weighted by molar-refractivity contribution is 5.91. The molecule has 1 aliphatic rings. The Balaban J connectivity index is 1.70. The van der Waals surface area contributed by atoms with Crippen LogP contribution < -0.4 is 15.4 Å². The van der Waals surface area contributed by atoms with Crippen molar-refractivity contribution in [1.82, 2.24) is 0 Å². The Morgan fingerprint density at radius 1 is 1.17 bits per heavy atom. The number of nitrogens with one attached hydrogen (secondary N) is 1. The second-order valence-electron chi connectivity index (χ2n) is 5.85. The number of ether oxygens (including phenoxy) is 1. The van der Waals surface area contributed by atoms with Crippen LogP contribution in [0.15, 0.2) is 24.3 Å². The number of halogens is 3. The molecule has 0 saturated heterocycles. The SMILES string of the molecule is O=C(C[NH2+]CC1CCCCC1)Nc1ccc(OC(F)(F)F)cc1. The monoisotopic (exact) mass is 331 g/mol. The fraction of sp³-hybridized carbons (Fsp3) is 0.562. The molecular formula is C16H22F3N2O2+. The van der Waals surface area contributed by atoms with Gasteiger partial charge in [-0.3, -0.25) is 4.79 Å². The predicted octanol–water partition coefficient (Wildman–Crippen LogP) is 2.67. The normalized spacial score (nSPS) is 16.1. The summed E-state index contributed by atoms with van der Waals surface area (Å²) in [6.07, 6.45) is 1.62. The van der Waals surface area contributed by atoms with Gasteiger partial charge in [0.05, 0.1) is 6.54 Å². The van der Waals surface area contributed by atoms with E-state index in [4.69, 9.17) is 0 Å². The van der Waals surface area contributed by atoms with E-state index in [1.54, 1.807) is 0 Å². The van der Waals surface area contributed by atoms with Gasteiger partial charge in [0.1, 0.15) is 5.75 Å². The maximum Gasteiger partial charge on any atom is 0.573 e. The third kappa shape index (κ3) is 6.90. The van der Waals surface area contributed by atoms with Gasteiger partial charge in [0.15, 0.2) is 6.54 Å². The Labute approximate surface area is 133 Å². The molecule has 0 aromatic heterocycles. The molecule has 0 heterocycles. The zero-order chi connectivity index (χ0) is 16.7. The Morgan fingerprint density at radius 2 is 1.83 bits per heavy atom. The van der Waals surface area contributed by atoms with Crippen LogP contribution in [0.4, 0.5) is 18.9 Å². The van der Waals surface area contributed by atoms with Crippen molar-refractivity contribution in [1.29, 1.82) is 0 Å². The van der Waals surface area contributed by atoms with Crippen LogP contribution in [0.2, 0.25) is 0 Å². The molecule has 1 fully saturated rings. The van der Waals surface area contributed by atoms with Crippen molar-refractivity contribution in [3.8, 4) is 5.75 Å². The van der Waals surface area contributed by atoms with Crippen molar-refractivity contribution < 1.29 is 28.0 Å². The van der Waals surface area contributed by atoms with Crippen LogP contribution in [0.1, 0.15) is 32.1 Å². The number of carbonyl (C=O) groups is 1. The summed E-state index contributed by atoms with van der Waals surface area (Å²) in [5.41, 5.74) is 0.454. The lowest BCUT2D eigenvalue weighted by Crippen LogP contribution is -2.87. The molecule has 1 amide bonds. The first-order valence-electron chi connectivity index (χ1n) is 7.90. The lowest BCUT2D eigenvalue weighted by Gasteiger charge is -2.19. The Kier molecular flexibility index (Phi) is 6.27. The van der Waals surface area contributed by atoms with Crippen molar-refractivity contribution in [2.75, 3.05) is 18.4 Å². The van der Waals surface area contributed by atoms with E-state index in [0.29, 0.717) is 18.2 Å². The van der Waals surface area contributed by atoms with E-state index in [-0.39, 0.29) is 11.7 Å². The molecule has 0 spiro atoms. The number of carbonyl (C=O) groups excluding carboxylic acids is 1. The van der Waals surface area contributed by atoms with Gasteiger partial charge >= 0.3 is 6.36 Å². The van der Waals surface area contributed by atoms with Crippen LogP contribution in [0.25, 0.3) is 0 Å². The molecule has 0 unspecified atom stereocenters. The molecule has 1 saturated carbocycles. The first-order valence-corrected chi connectivity index (χ1v) is 7.90. The number of amides is 1. The van der Waals surface area contributed by atoms with Crippen LogP contribution in [0.5, 0.6) is 5.75 Å². The van der Waals surface area contributed by atoms with E-state index in [1.165, 1.54) is 56.4 Å². The van der Waals surface area contributed by atoms with E-state index in [0.717, 1.165) is 6.54 Å². The number of quaternary nitrogens is 1. The predicted molar refractivity (Wildman–Crippen MR) is 80.0 cm³/mol. The fourth-order valence-electron chi connectivity index (χ4n) is 2.82. The van der Waals surface area contributed by atoms with Crippen molar-refractivity contribution in [3.63, 3.8) is 0 Å². The second-order valence-corrected chi connectivity index (χ2v) is 5.85. The van der Waals surface area contributed by atoms with Gasteiger partial charge < -0.3 is 15.4 Å². The lowest BCUT2D eigenvalue weighted by atomic mass is 9.89. The molecule has 4 nitrogen and oxygen atoms in total. The molecule has 2 rings (SSSR count). The molecule has 0 radical (unpaired) electrons. The average molecular weight is 331 g/mol. The molecule has 3 N–H and O–H groups in total. The molecule has 7 heteroatoms. The van der Waals surface area contributed by atoms with Gasteiger partial charge in [0, 0.05) is 11.6 Å². The highest BCUT2D eigenvalue weighted by Gasteiger charge is 2.30. The summed E-state index contributed by atoms with van der Waals surface area (Å²) >= 11 is 0. The highest BCUT2D eigenvalue weighted by Crippen LogP contribution is 2.24. The number of nitrogens with two attached hydrogens (primary N) is 1. The number of benzene rings is 1. The highest BCUT2D eigenvalue weighted by atomic mass is 19.4. The molecule has 0 bridgehead atoms. The average Bonchev–Trinajstić information content (AvgIpc) is 2.49. The minimum atomic E-state index is -4.71. The Hall–Kier alpha value is -1.76. The quantitative estimate of drug-likeness (QED) is 0.842. The minimum absolute atomic E-state index is 0.162. The van der Waals surface area contributed by atoms with E-state index in [2.05, 4.69) is 10.1 Å². The summed E-state index contributed by atoms with van der Waals surface area (Å²) in [4.78, 5) is 11.8. The lowest BCUT2D eigenvalue weighted by molar-refractivity contribution is -0.649. The third-order valence-corrected chi connectivity index (χ3v) is 3.93. The number of alkyl halides is 3. The fourth-order valence-corrected chi connectivity index (χ4v) is 2.82. The molecule has 23 heavy (non-hydrogen) atoms. The van der Waals surface area contributed by atoms with Gasteiger partial charge in [-0.1, -0.05) is 19.3 Å². The summed E-state index contributed by atoms with van der Waals surface area (Å²) in [5, 5.41) is 4.66. The second kappa shape index (κ2) is 8.19. The van der Waals surface area contributed by atoms with Crippen LogP contribution in [0, 0.1) is 5.92 Å². The Bertz CT molecular complexity index is 497. The first kappa shape index (κ1) is 17.6. The van der Waals surface area contributed by atoms with E-state index in [1.807, 2.05) is 5.32 Å². The van der Waals surface area contributed by atoms with Crippen molar-refractivity contribution in [2.24, 2.45) is 5.92 Å². The van der Waals surface area contributed by atoms with Gasteiger partial charge in [-0.05, 0) is 37.1 Å². The third-order valence-electron chi connectivity index (χ3n) is 3.93. The van der Waals surface area contributed by atoms with Crippen molar-refractivity contribution in [3.05, 3.63) is 24.3 Å². The van der Waals surface area contributed by atoms with E-state index in [9.17, 15) is 18.0 Å². The number of hydrogen-bond acceptors (Lipinski definition) is 2. The smallest absolute Gasteiger partial charge is 0.406 e. The standard InChI is InChI=1S/C16H21F3N2O2/c17-16(18,19)23-14-8-6-13(7-9-14)21-15(22)11-20-10-12-4-2-1-3-5-12/h6-9,12,20H,1-5,10-11H2,(H,21,22)/p+1. The van der Waals surface area contributed by atoms with Gasteiger partial charge in [-0.15, -0.1) is 13.2 Å². The first-order chi connectivity index (χ1) is 10.9. The molecule has 128 valence electrons. The van der Waals surface area contributed by atoms with Crippen LogP contribution >= 0.6 is 0 Å². The maximum atomic E-state index is 12.0. The van der Waals surface area contributed by atoms with Crippen LogP contribution in [-0.4, -0.2) is 25.4 Å². The van der Waals surface area contributed by atoms with Gasteiger partial charge in [-0.25, -0.2) is 0 Å². The van der Waals surface area contributed by atoms with Crippen molar-refractivity contribution in [2.45, 2.75) is 38.5 Å². The zero-order valence-corrected chi connectivity index (χ0v) is 12.9. The van der Waals surface area contributed by atoms with Gasteiger partial charge in [0.2, 0.25) is 0 Å². The molecular weight excluding hydrogens is 309 g/mol. The summed E-state index contributed by atoms with van der Waals surface area (Å²) in [7, 11) is 0. The van der Waals surface area contributed by atoms with E-state index >= 15 is 0 Å².